The van der Waals surface area contributed by atoms with Crippen LogP contribution < -0.4 is 5.73 Å². The van der Waals surface area contributed by atoms with Gasteiger partial charge in [0.25, 0.3) is 0 Å². The van der Waals surface area contributed by atoms with Gasteiger partial charge in [-0.25, -0.2) is 4.39 Å². The van der Waals surface area contributed by atoms with Crippen molar-refractivity contribution in [3.63, 3.8) is 0 Å². The molecule has 0 unspecified atom stereocenters. The van der Waals surface area contributed by atoms with Crippen molar-refractivity contribution in [2.45, 2.75) is 13.0 Å². The Hall–Kier alpha value is -0.120. The van der Waals surface area contributed by atoms with E-state index in [0.717, 1.165) is 4.47 Å². The molecule has 0 spiro atoms. The van der Waals surface area contributed by atoms with Crippen molar-refractivity contribution in [2.24, 2.45) is 5.73 Å². The lowest BCUT2D eigenvalue weighted by molar-refractivity contribution is 0.593. The molecular formula is C8H10BrClFN. The summed E-state index contributed by atoms with van der Waals surface area (Å²) in [5, 5.41) is 0. The van der Waals surface area contributed by atoms with Gasteiger partial charge in [0.2, 0.25) is 0 Å². The van der Waals surface area contributed by atoms with Crippen LogP contribution in [0, 0.1) is 5.82 Å². The molecular weight excluding hydrogens is 244 g/mol. The highest BCUT2D eigenvalue weighted by molar-refractivity contribution is 9.10. The van der Waals surface area contributed by atoms with Crippen LogP contribution in [0.3, 0.4) is 0 Å². The molecule has 68 valence electrons. The Labute approximate surface area is 85.7 Å². The van der Waals surface area contributed by atoms with Crippen molar-refractivity contribution in [3.8, 4) is 0 Å². The molecule has 0 saturated carbocycles. The third-order valence-electron chi connectivity index (χ3n) is 1.45. The van der Waals surface area contributed by atoms with Crippen LogP contribution in [0.25, 0.3) is 0 Å². The molecule has 2 N–H and O–H groups in total. The highest BCUT2D eigenvalue weighted by Gasteiger charge is 2.05. The normalized spacial score (nSPS) is 12.0. The second-order valence-electron chi connectivity index (χ2n) is 2.45. The van der Waals surface area contributed by atoms with Crippen molar-refractivity contribution in [2.75, 3.05) is 0 Å². The molecule has 0 amide bonds. The van der Waals surface area contributed by atoms with Gasteiger partial charge >= 0.3 is 0 Å². The largest absolute Gasteiger partial charge is 0.324 e. The van der Waals surface area contributed by atoms with Crippen molar-refractivity contribution < 1.29 is 4.39 Å². The van der Waals surface area contributed by atoms with Crippen LogP contribution in [0.2, 0.25) is 0 Å². The highest BCUT2D eigenvalue weighted by Crippen LogP contribution is 2.19. The summed E-state index contributed by atoms with van der Waals surface area (Å²) in [6, 6.07) is 4.50. The Kier molecular flexibility index (Phi) is 4.75. The third kappa shape index (κ3) is 2.73. The quantitative estimate of drug-likeness (QED) is 0.819. The highest BCUT2D eigenvalue weighted by atomic mass is 79.9. The summed E-state index contributed by atoms with van der Waals surface area (Å²) >= 11 is 3.24. The summed E-state index contributed by atoms with van der Waals surface area (Å²) in [6.07, 6.45) is 0. The summed E-state index contributed by atoms with van der Waals surface area (Å²) in [7, 11) is 0. The Morgan fingerprint density at radius 2 is 2.08 bits per heavy atom. The molecule has 12 heavy (non-hydrogen) atoms. The number of hydrogen-bond acceptors (Lipinski definition) is 1. The zero-order valence-electron chi connectivity index (χ0n) is 6.55. The minimum atomic E-state index is -0.257. The van der Waals surface area contributed by atoms with Gasteiger partial charge in [-0.05, 0) is 25.1 Å². The average Bonchev–Trinajstić information content (AvgIpc) is 1.94. The summed E-state index contributed by atoms with van der Waals surface area (Å²) in [4.78, 5) is 0. The third-order valence-corrected chi connectivity index (χ3v) is 1.94. The van der Waals surface area contributed by atoms with E-state index in [-0.39, 0.29) is 24.3 Å². The van der Waals surface area contributed by atoms with Gasteiger partial charge in [0, 0.05) is 16.1 Å². The Morgan fingerprint density at radius 1 is 1.50 bits per heavy atom. The summed E-state index contributed by atoms with van der Waals surface area (Å²) < 4.78 is 13.8. The molecule has 1 atom stereocenters. The Balaban J connectivity index is 0.00000121. The molecule has 4 heteroatoms. The lowest BCUT2D eigenvalue weighted by Gasteiger charge is -2.06. The van der Waals surface area contributed by atoms with E-state index >= 15 is 0 Å². The fourth-order valence-corrected chi connectivity index (χ4v) is 1.24. The van der Waals surface area contributed by atoms with E-state index in [0.29, 0.717) is 5.56 Å². The molecule has 0 fully saturated rings. The topological polar surface area (TPSA) is 26.0 Å². The molecule has 1 aromatic rings. The van der Waals surface area contributed by atoms with Gasteiger partial charge in [0.15, 0.2) is 0 Å². The van der Waals surface area contributed by atoms with Gasteiger partial charge < -0.3 is 5.73 Å². The zero-order valence-corrected chi connectivity index (χ0v) is 8.95. The average molecular weight is 255 g/mol. The van der Waals surface area contributed by atoms with E-state index in [9.17, 15) is 4.39 Å². The van der Waals surface area contributed by atoms with Gasteiger partial charge in [0.05, 0.1) is 0 Å². The van der Waals surface area contributed by atoms with E-state index in [2.05, 4.69) is 15.9 Å². The summed E-state index contributed by atoms with van der Waals surface area (Å²) in [5.74, 6) is -0.247. The second-order valence-corrected chi connectivity index (χ2v) is 3.37. The monoisotopic (exact) mass is 253 g/mol. The standard InChI is InChI=1S/C8H9BrFN.ClH/c1-5(11)7-4-6(9)2-3-8(7)10;/h2-5H,11H2,1H3;1H/t5-;/m1./s1. The van der Waals surface area contributed by atoms with E-state index in [4.69, 9.17) is 5.73 Å². The van der Waals surface area contributed by atoms with Crippen LogP contribution in [-0.2, 0) is 0 Å². The van der Waals surface area contributed by atoms with Gasteiger partial charge in [-0.1, -0.05) is 15.9 Å². The van der Waals surface area contributed by atoms with E-state index in [1.54, 1.807) is 19.1 Å². The van der Waals surface area contributed by atoms with Crippen molar-refractivity contribution in [1.29, 1.82) is 0 Å². The minimum absolute atomic E-state index is 0. The summed E-state index contributed by atoms with van der Waals surface area (Å²) in [6.45, 7) is 1.75. The summed E-state index contributed by atoms with van der Waals surface area (Å²) in [5.41, 5.74) is 6.06. The van der Waals surface area contributed by atoms with Crippen LogP contribution in [0.4, 0.5) is 4.39 Å². The number of hydrogen-bond donors (Lipinski definition) is 1. The number of rotatable bonds is 1. The molecule has 0 heterocycles. The number of benzene rings is 1. The molecule has 0 aliphatic rings. The fourth-order valence-electron chi connectivity index (χ4n) is 0.864. The predicted octanol–water partition coefficient (Wildman–Crippen LogP) is 3.03. The van der Waals surface area contributed by atoms with Crippen LogP contribution in [0.1, 0.15) is 18.5 Å². The molecule has 1 rings (SSSR count). The maximum atomic E-state index is 12.9. The maximum Gasteiger partial charge on any atom is 0.128 e. The first-order chi connectivity index (χ1) is 5.11. The van der Waals surface area contributed by atoms with Gasteiger partial charge in [-0.15, -0.1) is 12.4 Å². The zero-order chi connectivity index (χ0) is 8.43. The molecule has 0 radical (unpaired) electrons. The van der Waals surface area contributed by atoms with Crippen molar-refractivity contribution in [1.82, 2.24) is 0 Å². The van der Waals surface area contributed by atoms with Crippen LogP contribution >= 0.6 is 28.3 Å². The second kappa shape index (κ2) is 4.80. The predicted molar refractivity (Wildman–Crippen MR) is 54.0 cm³/mol. The van der Waals surface area contributed by atoms with Gasteiger partial charge in [0.1, 0.15) is 5.82 Å². The van der Waals surface area contributed by atoms with Gasteiger partial charge in [-0.2, -0.15) is 0 Å². The smallest absolute Gasteiger partial charge is 0.128 e. The van der Waals surface area contributed by atoms with Crippen LogP contribution in [0.5, 0.6) is 0 Å². The molecule has 0 saturated heterocycles. The van der Waals surface area contributed by atoms with E-state index in [1.807, 2.05) is 0 Å². The lowest BCUT2D eigenvalue weighted by atomic mass is 10.1. The van der Waals surface area contributed by atoms with Gasteiger partial charge in [-0.3, -0.25) is 0 Å². The molecule has 0 aliphatic carbocycles. The van der Waals surface area contributed by atoms with Crippen LogP contribution in [-0.4, -0.2) is 0 Å². The molecule has 0 aliphatic heterocycles. The van der Waals surface area contributed by atoms with Crippen molar-refractivity contribution in [3.05, 3.63) is 34.1 Å². The number of halogens is 3. The van der Waals surface area contributed by atoms with E-state index in [1.165, 1.54) is 6.07 Å². The molecule has 1 aromatic carbocycles. The Morgan fingerprint density at radius 3 is 2.50 bits per heavy atom. The SMILES string of the molecule is C[C@@H](N)c1cc(Br)ccc1F.Cl. The maximum absolute atomic E-state index is 12.9. The Bertz CT molecular complexity index is 265. The first-order valence-corrected chi connectivity index (χ1v) is 4.11. The molecule has 0 aromatic heterocycles. The first-order valence-electron chi connectivity index (χ1n) is 3.32. The number of nitrogens with two attached hydrogens (primary N) is 1. The van der Waals surface area contributed by atoms with E-state index < -0.39 is 0 Å². The first kappa shape index (κ1) is 11.9. The molecule has 1 nitrogen and oxygen atoms in total. The fraction of sp³-hybridized carbons (Fsp3) is 0.250. The van der Waals surface area contributed by atoms with Crippen LogP contribution in [0.15, 0.2) is 22.7 Å². The molecule has 0 bridgehead atoms. The minimum Gasteiger partial charge on any atom is -0.324 e. The van der Waals surface area contributed by atoms with Crippen molar-refractivity contribution >= 4 is 28.3 Å². The lowest BCUT2D eigenvalue weighted by Crippen LogP contribution is -2.07.